The maximum Gasteiger partial charge on any atom is 0.340 e. The number of rotatable bonds is 9. The predicted octanol–water partition coefficient (Wildman–Crippen LogP) is 4.14. The molecule has 0 saturated carbocycles. The summed E-state index contributed by atoms with van der Waals surface area (Å²) in [7, 11) is 1.59. The number of nitriles is 1. The lowest BCUT2D eigenvalue weighted by Crippen LogP contribution is -2.22. The second-order valence-electron chi connectivity index (χ2n) is 7.67. The van der Waals surface area contributed by atoms with Gasteiger partial charge < -0.3 is 19.2 Å². The molecule has 0 radical (unpaired) electrons. The van der Waals surface area contributed by atoms with Crippen LogP contribution in [0.3, 0.4) is 0 Å². The highest BCUT2D eigenvalue weighted by atomic mass is 16.5. The van der Waals surface area contributed by atoms with Gasteiger partial charge in [0.2, 0.25) is 11.8 Å². The van der Waals surface area contributed by atoms with E-state index in [4.69, 9.17) is 13.9 Å². The molecule has 9 nitrogen and oxygen atoms in total. The molecule has 1 heterocycles. The van der Waals surface area contributed by atoms with Crippen LogP contribution >= 0.6 is 0 Å². The minimum absolute atomic E-state index is 0.00747. The van der Waals surface area contributed by atoms with Crippen molar-refractivity contribution in [3.8, 4) is 11.8 Å². The van der Waals surface area contributed by atoms with Gasteiger partial charge in [-0.15, -0.1) is 0 Å². The van der Waals surface area contributed by atoms with Crippen molar-refractivity contribution in [2.45, 2.75) is 26.7 Å². The van der Waals surface area contributed by atoms with Gasteiger partial charge in [-0.25, -0.2) is 4.79 Å². The molecule has 0 aliphatic heterocycles. The summed E-state index contributed by atoms with van der Waals surface area (Å²) in [5.74, 6) is -0.465. The average molecular weight is 476 g/mol. The predicted molar refractivity (Wildman–Crippen MR) is 128 cm³/mol. The molecule has 180 valence electrons. The van der Waals surface area contributed by atoms with Gasteiger partial charge in [-0.05, 0) is 50.1 Å². The molecule has 0 unspecified atom stereocenters. The molecular weight excluding hydrogens is 450 g/mol. The largest absolute Gasteiger partial charge is 0.497 e. The van der Waals surface area contributed by atoms with Crippen LogP contribution in [0.2, 0.25) is 0 Å². The highest BCUT2D eigenvalue weighted by molar-refractivity contribution is 6.02. The highest BCUT2D eigenvalue weighted by Crippen LogP contribution is 2.25. The van der Waals surface area contributed by atoms with Gasteiger partial charge in [0.1, 0.15) is 23.1 Å². The SMILES string of the molecule is COc1ccc(CCC(=O)Nc2ccccc2C(=O)OCC(=O)Nc2oc(C)c(C)c2C#N)cc1. The molecule has 0 atom stereocenters. The summed E-state index contributed by atoms with van der Waals surface area (Å²) in [5.41, 5.74) is 2.20. The number of carbonyl (C=O) groups excluding carboxylic acids is 3. The number of amides is 2. The number of hydrogen-bond donors (Lipinski definition) is 2. The van der Waals surface area contributed by atoms with E-state index in [2.05, 4.69) is 10.6 Å². The smallest absolute Gasteiger partial charge is 0.340 e. The van der Waals surface area contributed by atoms with Crippen molar-refractivity contribution in [3.63, 3.8) is 0 Å². The van der Waals surface area contributed by atoms with Crippen LogP contribution in [0.25, 0.3) is 0 Å². The van der Waals surface area contributed by atoms with Gasteiger partial charge in [0.05, 0.1) is 18.4 Å². The van der Waals surface area contributed by atoms with E-state index >= 15 is 0 Å². The molecule has 0 bridgehead atoms. The van der Waals surface area contributed by atoms with Crippen molar-refractivity contribution >= 4 is 29.4 Å². The first-order chi connectivity index (χ1) is 16.8. The third kappa shape index (κ3) is 6.48. The normalized spacial score (nSPS) is 10.2. The summed E-state index contributed by atoms with van der Waals surface area (Å²) in [6.45, 7) is 2.78. The Hall–Kier alpha value is -4.58. The average Bonchev–Trinajstić information content (AvgIpc) is 3.13. The minimum Gasteiger partial charge on any atom is -0.497 e. The molecule has 3 rings (SSSR count). The van der Waals surface area contributed by atoms with E-state index in [1.807, 2.05) is 30.3 Å². The molecule has 9 heteroatoms. The van der Waals surface area contributed by atoms with Crippen LogP contribution in [0, 0.1) is 25.2 Å². The Bertz CT molecular complexity index is 1270. The highest BCUT2D eigenvalue weighted by Gasteiger charge is 2.19. The fourth-order valence-electron chi connectivity index (χ4n) is 3.25. The Morgan fingerprint density at radius 1 is 1.00 bits per heavy atom. The second-order valence-corrected chi connectivity index (χ2v) is 7.67. The van der Waals surface area contributed by atoms with Gasteiger partial charge >= 0.3 is 5.97 Å². The van der Waals surface area contributed by atoms with E-state index in [0.717, 1.165) is 11.3 Å². The molecule has 0 saturated heterocycles. The molecule has 35 heavy (non-hydrogen) atoms. The zero-order valence-corrected chi connectivity index (χ0v) is 19.6. The zero-order chi connectivity index (χ0) is 25.4. The number of aryl methyl sites for hydroxylation is 2. The van der Waals surface area contributed by atoms with Crippen LogP contribution in [0.1, 0.15) is 39.2 Å². The Labute approximate surface area is 202 Å². The Morgan fingerprint density at radius 3 is 2.40 bits per heavy atom. The van der Waals surface area contributed by atoms with Crippen LogP contribution in [-0.2, 0) is 20.7 Å². The van der Waals surface area contributed by atoms with E-state index < -0.39 is 18.5 Å². The Balaban J connectivity index is 1.56. The van der Waals surface area contributed by atoms with E-state index in [1.165, 1.54) is 6.07 Å². The summed E-state index contributed by atoms with van der Waals surface area (Å²) >= 11 is 0. The zero-order valence-electron chi connectivity index (χ0n) is 19.6. The summed E-state index contributed by atoms with van der Waals surface area (Å²) < 4.78 is 15.6. The Morgan fingerprint density at radius 2 is 1.71 bits per heavy atom. The maximum absolute atomic E-state index is 12.6. The number of carbonyl (C=O) groups is 3. The third-order valence-corrected chi connectivity index (χ3v) is 5.31. The van der Waals surface area contributed by atoms with E-state index in [1.54, 1.807) is 39.2 Å². The van der Waals surface area contributed by atoms with Gasteiger partial charge in [-0.1, -0.05) is 24.3 Å². The standard InChI is InChI=1S/C26H25N3O6/c1-16-17(2)35-25(21(16)14-27)29-24(31)15-34-26(32)20-6-4-5-7-22(20)28-23(30)13-10-18-8-11-19(33-3)12-9-18/h4-9,11-12H,10,13,15H2,1-3H3,(H,28,30)(H,29,31). The number of nitrogens with one attached hydrogen (secondary N) is 2. The van der Waals surface area contributed by atoms with Crippen LogP contribution < -0.4 is 15.4 Å². The van der Waals surface area contributed by atoms with Crippen LogP contribution in [0.5, 0.6) is 5.75 Å². The van der Waals surface area contributed by atoms with E-state index in [0.29, 0.717) is 17.7 Å². The second kappa shape index (κ2) is 11.5. The molecule has 0 fully saturated rings. The van der Waals surface area contributed by atoms with E-state index in [-0.39, 0.29) is 35.0 Å². The summed E-state index contributed by atoms with van der Waals surface area (Å²) in [5, 5.41) is 14.4. The van der Waals surface area contributed by atoms with Gasteiger partial charge in [0, 0.05) is 12.0 Å². The number of methoxy groups -OCH3 is 1. The molecule has 0 aliphatic rings. The molecule has 3 aromatic rings. The lowest BCUT2D eigenvalue weighted by Gasteiger charge is -2.11. The van der Waals surface area contributed by atoms with Gasteiger partial charge in [-0.2, -0.15) is 5.26 Å². The molecular formula is C26H25N3O6. The number of para-hydroxylation sites is 1. The van der Waals surface area contributed by atoms with E-state index in [9.17, 15) is 19.6 Å². The molecule has 0 spiro atoms. The first-order valence-electron chi connectivity index (χ1n) is 10.8. The van der Waals surface area contributed by atoms with Gasteiger partial charge in [0.25, 0.3) is 5.91 Å². The molecule has 2 amide bonds. The fourth-order valence-corrected chi connectivity index (χ4v) is 3.25. The van der Waals surface area contributed by atoms with Crippen LogP contribution in [0.15, 0.2) is 52.9 Å². The number of ether oxygens (including phenoxy) is 2. The lowest BCUT2D eigenvalue weighted by molar-refractivity contribution is -0.119. The first-order valence-corrected chi connectivity index (χ1v) is 10.8. The van der Waals surface area contributed by atoms with Gasteiger partial charge in [0.15, 0.2) is 6.61 Å². The van der Waals surface area contributed by atoms with Crippen molar-refractivity contribution in [2.75, 3.05) is 24.4 Å². The molecule has 2 N–H and O–H groups in total. The first kappa shape index (κ1) is 25.1. The van der Waals surface area contributed by atoms with Crippen LogP contribution in [0.4, 0.5) is 11.6 Å². The number of esters is 1. The van der Waals surface area contributed by atoms with Gasteiger partial charge in [-0.3, -0.25) is 14.9 Å². The molecule has 0 aliphatic carbocycles. The maximum atomic E-state index is 12.6. The number of benzene rings is 2. The molecule has 1 aromatic heterocycles. The van der Waals surface area contributed by atoms with Crippen molar-refractivity contribution < 1.29 is 28.3 Å². The topological polar surface area (TPSA) is 131 Å². The molecule has 2 aromatic carbocycles. The summed E-state index contributed by atoms with van der Waals surface area (Å²) in [6, 6.07) is 15.7. The monoisotopic (exact) mass is 475 g/mol. The number of hydrogen-bond acceptors (Lipinski definition) is 7. The Kier molecular flexibility index (Phi) is 8.24. The minimum atomic E-state index is -0.779. The summed E-state index contributed by atoms with van der Waals surface area (Å²) in [6.07, 6.45) is 0.723. The number of nitrogens with zero attached hydrogens (tertiary/aromatic N) is 1. The lowest BCUT2D eigenvalue weighted by atomic mass is 10.1. The van der Waals surface area contributed by atoms with Crippen molar-refractivity contribution in [3.05, 3.63) is 76.5 Å². The van der Waals surface area contributed by atoms with Crippen molar-refractivity contribution in [1.29, 1.82) is 5.26 Å². The number of furan rings is 1. The quantitative estimate of drug-likeness (QED) is 0.445. The van der Waals surface area contributed by atoms with Crippen molar-refractivity contribution in [1.82, 2.24) is 0 Å². The number of anilines is 2. The van der Waals surface area contributed by atoms with Crippen molar-refractivity contribution in [2.24, 2.45) is 0 Å². The fraction of sp³-hybridized carbons (Fsp3) is 0.231. The summed E-state index contributed by atoms with van der Waals surface area (Å²) in [4.78, 5) is 37.3. The van der Waals surface area contributed by atoms with Crippen LogP contribution in [-0.4, -0.2) is 31.5 Å². The third-order valence-electron chi connectivity index (χ3n) is 5.31.